The lowest BCUT2D eigenvalue weighted by atomic mass is 9.81. The maximum absolute atomic E-state index is 2.40. The van der Waals surface area contributed by atoms with Gasteiger partial charge in [0.15, 0.2) is 0 Å². The standard InChI is InChI=1S/C37H26.C2H6/c1-23(35-28-15-6-5-12-26(28)22-34(35)24-10-3-2-4-11-24)27-20-21-33-31-17-8-14-25-13-7-16-30(36(25)31)32-19-9-18-29(27)37(32)33;1-2/h2-21,23H,22H2,1H3;1-2H3. The minimum absolute atomic E-state index is 0.274. The molecule has 8 rings (SSSR count). The first-order chi connectivity index (χ1) is 19.3. The third-order valence-corrected chi connectivity index (χ3v) is 8.58. The van der Waals surface area contributed by atoms with E-state index in [1.54, 1.807) is 0 Å². The van der Waals surface area contributed by atoms with Gasteiger partial charge in [-0.2, -0.15) is 0 Å². The molecule has 0 amide bonds. The molecule has 0 radical (unpaired) electrons. The Morgan fingerprint density at radius 3 is 1.85 bits per heavy atom. The Hall–Kier alpha value is -4.42. The molecule has 1 atom stereocenters. The van der Waals surface area contributed by atoms with Gasteiger partial charge >= 0.3 is 0 Å². The van der Waals surface area contributed by atoms with Crippen LogP contribution in [0.25, 0.3) is 54.2 Å². The van der Waals surface area contributed by atoms with Crippen molar-refractivity contribution >= 4 is 54.2 Å². The van der Waals surface area contributed by atoms with Gasteiger partial charge < -0.3 is 0 Å². The van der Waals surface area contributed by atoms with E-state index in [2.05, 4.69) is 128 Å². The van der Waals surface area contributed by atoms with Gasteiger partial charge in [-0.05, 0) is 82.9 Å². The van der Waals surface area contributed by atoms with Crippen LogP contribution < -0.4 is 0 Å². The summed E-state index contributed by atoms with van der Waals surface area (Å²) in [5, 5.41) is 10.9. The number of fused-ring (bicyclic) bond motifs is 3. The average Bonchev–Trinajstić information content (AvgIpc) is 3.40. The van der Waals surface area contributed by atoms with E-state index >= 15 is 0 Å². The Morgan fingerprint density at radius 2 is 1.10 bits per heavy atom. The van der Waals surface area contributed by atoms with Crippen molar-refractivity contribution in [2.45, 2.75) is 33.1 Å². The fourth-order valence-electron chi connectivity index (χ4n) is 6.98. The van der Waals surface area contributed by atoms with Gasteiger partial charge in [-0.3, -0.25) is 0 Å². The van der Waals surface area contributed by atoms with E-state index in [0.29, 0.717) is 0 Å². The second kappa shape index (κ2) is 9.40. The maximum Gasteiger partial charge on any atom is 0.00762 e. The van der Waals surface area contributed by atoms with Gasteiger partial charge in [0.2, 0.25) is 0 Å². The Labute approximate surface area is 230 Å². The van der Waals surface area contributed by atoms with E-state index in [1.807, 2.05) is 13.8 Å². The number of rotatable bonds is 3. The van der Waals surface area contributed by atoms with Gasteiger partial charge in [-0.25, -0.2) is 0 Å². The van der Waals surface area contributed by atoms with Gasteiger partial charge in [0.1, 0.15) is 0 Å². The molecule has 7 aromatic carbocycles. The number of benzene rings is 7. The van der Waals surface area contributed by atoms with E-state index in [4.69, 9.17) is 0 Å². The first-order valence-electron chi connectivity index (χ1n) is 14.2. The quantitative estimate of drug-likeness (QED) is 0.167. The van der Waals surface area contributed by atoms with Gasteiger partial charge in [0, 0.05) is 5.92 Å². The van der Waals surface area contributed by atoms with Crippen LogP contribution in [0.5, 0.6) is 0 Å². The zero-order valence-electron chi connectivity index (χ0n) is 22.8. The van der Waals surface area contributed by atoms with E-state index in [1.165, 1.54) is 76.5 Å². The Morgan fingerprint density at radius 1 is 0.513 bits per heavy atom. The maximum atomic E-state index is 2.40. The van der Waals surface area contributed by atoms with E-state index in [0.717, 1.165) is 6.42 Å². The molecule has 7 aromatic rings. The van der Waals surface area contributed by atoms with Crippen LogP contribution in [0.2, 0.25) is 0 Å². The molecular weight excluding hydrogens is 468 g/mol. The first kappa shape index (κ1) is 23.7. The summed E-state index contributed by atoms with van der Waals surface area (Å²) < 4.78 is 0. The number of allylic oxidation sites excluding steroid dienone is 2. The number of hydrogen-bond acceptors (Lipinski definition) is 0. The topological polar surface area (TPSA) is 0 Å². The molecule has 1 aliphatic rings. The van der Waals surface area contributed by atoms with E-state index in [9.17, 15) is 0 Å². The van der Waals surface area contributed by atoms with E-state index < -0.39 is 0 Å². The van der Waals surface area contributed by atoms with Crippen LogP contribution in [-0.2, 0) is 6.42 Å². The van der Waals surface area contributed by atoms with Crippen LogP contribution in [0, 0.1) is 0 Å². The van der Waals surface area contributed by atoms with Crippen LogP contribution in [0.3, 0.4) is 0 Å². The summed E-state index contributed by atoms with van der Waals surface area (Å²) in [6.45, 7) is 6.40. The molecule has 0 aliphatic heterocycles. The lowest BCUT2D eigenvalue weighted by Crippen LogP contribution is -2.00. The zero-order valence-corrected chi connectivity index (χ0v) is 22.8. The van der Waals surface area contributed by atoms with Crippen molar-refractivity contribution in [2.24, 2.45) is 0 Å². The van der Waals surface area contributed by atoms with Crippen molar-refractivity contribution in [3.8, 4) is 0 Å². The average molecular weight is 501 g/mol. The third kappa shape index (κ3) is 3.52. The Kier molecular flexibility index (Phi) is 5.71. The fraction of sp³-hybridized carbons (Fsp3) is 0.128. The highest BCUT2D eigenvalue weighted by Gasteiger charge is 2.28. The van der Waals surface area contributed by atoms with Gasteiger partial charge in [-0.15, -0.1) is 0 Å². The normalized spacial score (nSPS) is 13.7. The molecule has 188 valence electrons. The van der Waals surface area contributed by atoms with Crippen molar-refractivity contribution in [1.29, 1.82) is 0 Å². The SMILES string of the molecule is CC.CC(C1=C(c2ccccc2)Cc2ccccc21)c1ccc2c3cccc4cccc(c5cccc1c52)c43. The van der Waals surface area contributed by atoms with Crippen molar-refractivity contribution in [2.75, 3.05) is 0 Å². The van der Waals surface area contributed by atoms with Crippen LogP contribution in [0.15, 0.2) is 121 Å². The number of hydrogen-bond donors (Lipinski definition) is 0. The molecule has 1 unspecified atom stereocenters. The summed E-state index contributed by atoms with van der Waals surface area (Å²) in [6.07, 6.45) is 0.997. The van der Waals surface area contributed by atoms with Crippen LogP contribution >= 0.6 is 0 Å². The van der Waals surface area contributed by atoms with Crippen LogP contribution in [-0.4, -0.2) is 0 Å². The van der Waals surface area contributed by atoms with Gasteiger partial charge in [-0.1, -0.05) is 142 Å². The smallest absolute Gasteiger partial charge is 0.00762 e. The predicted octanol–water partition coefficient (Wildman–Crippen LogP) is 11.0. The van der Waals surface area contributed by atoms with Crippen molar-refractivity contribution in [1.82, 2.24) is 0 Å². The summed E-state index contributed by atoms with van der Waals surface area (Å²) in [5.74, 6) is 0.274. The van der Waals surface area contributed by atoms with Crippen LogP contribution in [0.1, 0.15) is 48.9 Å². The second-order valence-electron chi connectivity index (χ2n) is 10.5. The molecule has 0 N–H and O–H groups in total. The minimum atomic E-state index is 0.274. The largest absolute Gasteiger partial charge is 0.0683 e. The van der Waals surface area contributed by atoms with Gasteiger partial charge in [0.25, 0.3) is 0 Å². The van der Waals surface area contributed by atoms with Gasteiger partial charge in [0.05, 0.1) is 0 Å². The molecular formula is C39H32. The van der Waals surface area contributed by atoms with Crippen LogP contribution in [0.4, 0.5) is 0 Å². The highest BCUT2D eigenvalue weighted by Crippen LogP contribution is 2.48. The highest BCUT2D eigenvalue weighted by molar-refractivity contribution is 6.33. The Balaban J connectivity index is 0.00000124. The lowest BCUT2D eigenvalue weighted by Gasteiger charge is -2.22. The molecule has 0 fully saturated rings. The summed E-state index contributed by atoms with van der Waals surface area (Å²) in [6, 6.07) is 45.1. The molecule has 0 bridgehead atoms. The molecule has 0 heterocycles. The zero-order chi connectivity index (χ0) is 26.5. The molecule has 0 nitrogen and oxygen atoms in total. The first-order valence-corrected chi connectivity index (χ1v) is 14.2. The molecule has 0 aromatic heterocycles. The molecule has 39 heavy (non-hydrogen) atoms. The Bertz CT molecular complexity index is 1960. The second-order valence-corrected chi connectivity index (χ2v) is 10.5. The van der Waals surface area contributed by atoms with Crippen molar-refractivity contribution in [3.05, 3.63) is 144 Å². The summed E-state index contributed by atoms with van der Waals surface area (Å²) in [4.78, 5) is 0. The third-order valence-electron chi connectivity index (χ3n) is 8.58. The highest BCUT2D eigenvalue weighted by atomic mass is 14.3. The van der Waals surface area contributed by atoms with E-state index in [-0.39, 0.29) is 5.92 Å². The molecule has 0 spiro atoms. The fourth-order valence-corrected chi connectivity index (χ4v) is 6.98. The van der Waals surface area contributed by atoms with Crippen molar-refractivity contribution in [3.63, 3.8) is 0 Å². The predicted molar refractivity (Wildman–Crippen MR) is 171 cm³/mol. The minimum Gasteiger partial charge on any atom is -0.0683 e. The molecule has 0 heteroatoms. The summed E-state index contributed by atoms with van der Waals surface area (Å²) >= 11 is 0. The summed E-state index contributed by atoms with van der Waals surface area (Å²) in [7, 11) is 0. The van der Waals surface area contributed by atoms with Crippen molar-refractivity contribution < 1.29 is 0 Å². The molecule has 1 aliphatic carbocycles. The molecule has 0 saturated heterocycles. The molecule has 0 saturated carbocycles. The summed E-state index contributed by atoms with van der Waals surface area (Å²) in [5.41, 5.74) is 8.53. The lowest BCUT2D eigenvalue weighted by molar-refractivity contribution is 1.01. The monoisotopic (exact) mass is 500 g/mol.